The fourth-order valence-electron chi connectivity index (χ4n) is 2.31. The van der Waals surface area contributed by atoms with Gasteiger partial charge in [-0.1, -0.05) is 18.2 Å². The monoisotopic (exact) mass is 331 g/mol. The van der Waals surface area contributed by atoms with E-state index in [1.54, 1.807) is 25.6 Å². The van der Waals surface area contributed by atoms with E-state index in [-0.39, 0.29) is 12.5 Å². The average molecular weight is 331 g/mol. The molecule has 0 spiro atoms. The first kappa shape index (κ1) is 17.7. The molecule has 0 aliphatic carbocycles. The number of hydrogen-bond acceptors (Lipinski definition) is 5. The van der Waals surface area contributed by atoms with Crippen molar-refractivity contribution >= 4 is 11.9 Å². The Morgan fingerprint density at radius 2 is 1.92 bits per heavy atom. The van der Waals surface area contributed by atoms with E-state index in [2.05, 4.69) is 10.4 Å². The van der Waals surface area contributed by atoms with E-state index in [0.29, 0.717) is 30.1 Å². The molecule has 0 aliphatic rings. The van der Waals surface area contributed by atoms with Crippen molar-refractivity contribution in [2.75, 3.05) is 26.9 Å². The minimum Gasteiger partial charge on any atom is -0.452 e. The van der Waals surface area contributed by atoms with E-state index in [1.807, 2.05) is 30.3 Å². The number of esters is 1. The molecule has 1 heterocycles. The fourth-order valence-corrected chi connectivity index (χ4v) is 2.31. The van der Waals surface area contributed by atoms with Crippen molar-refractivity contribution < 1.29 is 19.1 Å². The SMILES string of the molecule is COCCNC(=O)COC(=O)c1c(C)nn(-c2ccccc2)c1C. The lowest BCUT2D eigenvalue weighted by Crippen LogP contribution is -2.31. The van der Waals surface area contributed by atoms with Gasteiger partial charge in [0.05, 0.1) is 23.7 Å². The summed E-state index contributed by atoms with van der Waals surface area (Å²) in [5, 5.41) is 6.98. The molecule has 1 N–H and O–H groups in total. The van der Waals surface area contributed by atoms with Crippen molar-refractivity contribution in [3.63, 3.8) is 0 Å². The van der Waals surface area contributed by atoms with E-state index in [1.165, 1.54) is 0 Å². The molecular weight excluding hydrogens is 310 g/mol. The third-order valence-electron chi connectivity index (χ3n) is 3.46. The molecule has 0 saturated heterocycles. The second kappa shape index (κ2) is 8.26. The first-order chi connectivity index (χ1) is 11.5. The number of para-hydroxylation sites is 1. The van der Waals surface area contributed by atoms with Crippen LogP contribution in [0, 0.1) is 13.8 Å². The van der Waals surface area contributed by atoms with Crippen LogP contribution in [0.25, 0.3) is 5.69 Å². The van der Waals surface area contributed by atoms with Crippen LogP contribution in [-0.4, -0.2) is 48.5 Å². The van der Waals surface area contributed by atoms with E-state index in [4.69, 9.17) is 9.47 Å². The van der Waals surface area contributed by atoms with Gasteiger partial charge < -0.3 is 14.8 Å². The van der Waals surface area contributed by atoms with Crippen LogP contribution in [0.3, 0.4) is 0 Å². The number of benzene rings is 1. The normalized spacial score (nSPS) is 10.5. The van der Waals surface area contributed by atoms with Gasteiger partial charge in [-0.3, -0.25) is 4.79 Å². The molecule has 0 radical (unpaired) electrons. The number of methoxy groups -OCH3 is 1. The number of hydrogen-bond donors (Lipinski definition) is 1. The Balaban J connectivity index is 2.05. The molecule has 1 aromatic heterocycles. The van der Waals surface area contributed by atoms with Gasteiger partial charge >= 0.3 is 5.97 Å². The molecular formula is C17H21N3O4. The summed E-state index contributed by atoms with van der Waals surface area (Å²) in [6, 6.07) is 9.50. The summed E-state index contributed by atoms with van der Waals surface area (Å²) in [7, 11) is 1.54. The summed E-state index contributed by atoms with van der Waals surface area (Å²) in [5.41, 5.74) is 2.46. The zero-order chi connectivity index (χ0) is 17.5. The predicted octanol–water partition coefficient (Wildman–Crippen LogP) is 1.41. The summed E-state index contributed by atoms with van der Waals surface area (Å²) in [5.74, 6) is -0.930. The fraction of sp³-hybridized carbons (Fsp3) is 0.353. The number of amides is 1. The van der Waals surface area contributed by atoms with Crippen molar-refractivity contribution in [2.45, 2.75) is 13.8 Å². The summed E-state index contributed by atoms with van der Waals surface area (Å²) < 4.78 is 11.6. The van der Waals surface area contributed by atoms with Crippen LogP contribution < -0.4 is 5.32 Å². The van der Waals surface area contributed by atoms with Gasteiger partial charge in [-0.05, 0) is 26.0 Å². The highest BCUT2D eigenvalue weighted by molar-refractivity contribution is 5.93. The van der Waals surface area contributed by atoms with Crippen molar-refractivity contribution in [1.82, 2.24) is 15.1 Å². The van der Waals surface area contributed by atoms with Gasteiger partial charge in [0.15, 0.2) is 6.61 Å². The highest BCUT2D eigenvalue weighted by atomic mass is 16.5. The number of ether oxygens (including phenoxy) is 2. The lowest BCUT2D eigenvalue weighted by Gasteiger charge is -2.07. The average Bonchev–Trinajstić information content (AvgIpc) is 2.88. The van der Waals surface area contributed by atoms with E-state index in [9.17, 15) is 9.59 Å². The van der Waals surface area contributed by atoms with Crippen molar-refractivity contribution in [3.05, 3.63) is 47.3 Å². The Kier molecular flexibility index (Phi) is 6.08. The Hall–Kier alpha value is -2.67. The Morgan fingerprint density at radius 3 is 2.58 bits per heavy atom. The van der Waals surface area contributed by atoms with Gasteiger partial charge in [-0.2, -0.15) is 5.10 Å². The van der Waals surface area contributed by atoms with Crippen LogP contribution in [0.4, 0.5) is 0 Å². The third kappa shape index (κ3) is 4.20. The molecule has 7 nitrogen and oxygen atoms in total. The minimum absolute atomic E-state index is 0.335. The summed E-state index contributed by atoms with van der Waals surface area (Å²) >= 11 is 0. The van der Waals surface area contributed by atoms with Gasteiger partial charge in [0, 0.05) is 13.7 Å². The molecule has 7 heteroatoms. The highest BCUT2D eigenvalue weighted by Gasteiger charge is 2.21. The lowest BCUT2D eigenvalue weighted by molar-refractivity contribution is -0.124. The molecule has 2 rings (SSSR count). The molecule has 24 heavy (non-hydrogen) atoms. The second-order valence-corrected chi connectivity index (χ2v) is 5.21. The number of carbonyl (C=O) groups excluding carboxylic acids is 2. The van der Waals surface area contributed by atoms with E-state index < -0.39 is 5.97 Å². The third-order valence-corrected chi connectivity index (χ3v) is 3.46. The number of aromatic nitrogens is 2. The quantitative estimate of drug-likeness (QED) is 0.613. The molecule has 2 aromatic rings. The molecule has 1 aromatic carbocycles. The standard InChI is InChI=1S/C17H21N3O4/c1-12-16(17(22)24-11-15(21)18-9-10-23-3)13(2)20(19-12)14-7-5-4-6-8-14/h4-8H,9-11H2,1-3H3,(H,18,21). The zero-order valence-corrected chi connectivity index (χ0v) is 14.0. The van der Waals surface area contributed by atoms with Gasteiger partial charge in [0.1, 0.15) is 5.56 Å². The van der Waals surface area contributed by atoms with Crippen LogP contribution in [0.15, 0.2) is 30.3 Å². The summed E-state index contributed by atoms with van der Waals surface area (Å²) in [4.78, 5) is 23.9. The summed E-state index contributed by atoms with van der Waals surface area (Å²) in [6.07, 6.45) is 0. The number of aryl methyl sites for hydroxylation is 1. The molecule has 0 aliphatic heterocycles. The molecule has 0 atom stereocenters. The van der Waals surface area contributed by atoms with E-state index >= 15 is 0 Å². The van der Waals surface area contributed by atoms with Crippen molar-refractivity contribution in [3.8, 4) is 5.69 Å². The Bertz CT molecular complexity index is 710. The highest BCUT2D eigenvalue weighted by Crippen LogP contribution is 2.18. The molecule has 1 amide bonds. The van der Waals surface area contributed by atoms with Crippen LogP contribution in [0.2, 0.25) is 0 Å². The minimum atomic E-state index is -0.561. The number of nitrogens with one attached hydrogen (secondary N) is 1. The predicted molar refractivity (Wildman–Crippen MR) is 88.2 cm³/mol. The van der Waals surface area contributed by atoms with Crippen LogP contribution in [-0.2, 0) is 14.3 Å². The van der Waals surface area contributed by atoms with Gasteiger partial charge in [-0.15, -0.1) is 0 Å². The smallest absolute Gasteiger partial charge is 0.342 e. The number of nitrogens with zero attached hydrogens (tertiary/aromatic N) is 2. The molecule has 128 valence electrons. The maximum atomic E-state index is 12.3. The van der Waals surface area contributed by atoms with Gasteiger partial charge in [0.2, 0.25) is 0 Å². The van der Waals surface area contributed by atoms with Gasteiger partial charge in [-0.25, -0.2) is 9.48 Å². The molecule has 0 bridgehead atoms. The van der Waals surface area contributed by atoms with E-state index in [0.717, 1.165) is 5.69 Å². The summed E-state index contributed by atoms with van der Waals surface area (Å²) in [6.45, 7) is 3.97. The topological polar surface area (TPSA) is 82.4 Å². The van der Waals surface area contributed by atoms with Crippen LogP contribution in [0.1, 0.15) is 21.7 Å². The number of rotatable bonds is 7. The first-order valence-corrected chi connectivity index (χ1v) is 7.59. The van der Waals surface area contributed by atoms with Crippen LogP contribution in [0.5, 0.6) is 0 Å². The Morgan fingerprint density at radius 1 is 1.21 bits per heavy atom. The maximum Gasteiger partial charge on any atom is 0.342 e. The zero-order valence-electron chi connectivity index (χ0n) is 14.0. The van der Waals surface area contributed by atoms with Crippen molar-refractivity contribution in [1.29, 1.82) is 0 Å². The maximum absolute atomic E-state index is 12.3. The Labute approximate surface area is 140 Å². The van der Waals surface area contributed by atoms with Gasteiger partial charge in [0.25, 0.3) is 5.91 Å². The van der Waals surface area contributed by atoms with Crippen molar-refractivity contribution in [2.24, 2.45) is 0 Å². The second-order valence-electron chi connectivity index (χ2n) is 5.21. The lowest BCUT2D eigenvalue weighted by atomic mass is 10.2. The molecule has 0 saturated carbocycles. The van der Waals surface area contributed by atoms with Crippen LogP contribution >= 0.6 is 0 Å². The number of carbonyl (C=O) groups is 2. The molecule has 0 fully saturated rings. The largest absolute Gasteiger partial charge is 0.452 e. The molecule has 0 unspecified atom stereocenters. The first-order valence-electron chi connectivity index (χ1n) is 7.59.